The van der Waals surface area contributed by atoms with Gasteiger partial charge in [-0.3, -0.25) is 9.47 Å². The van der Waals surface area contributed by atoms with E-state index in [9.17, 15) is 8.78 Å². The third-order valence-electron chi connectivity index (χ3n) is 5.02. The zero-order chi connectivity index (χ0) is 18.8. The van der Waals surface area contributed by atoms with Gasteiger partial charge in [0.2, 0.25) is 0 Å². The lowest BCUT2D eigenvalue weighted by Gasteiger charge is -2.36. The van der Waals surface area contributed by atoms with E-state index in [1.165, 1.54) is 0 Å². The first kappa shape index (κ1) is 17.7. The van der Waals surface area contributed by atoms with Crippen LogP contribution in [0.2, 0.25) is 0 Å². The van der Waals surface area contributed by atoms with Crippen molar-refractivity contribution in [3.05, 3.63) is 54.4 Å². The lowest BCUT2D eigenvalue weighted by molar-refractivity contribution is 0.0681. The second kappa shape index (κ2) is 7.52. The van der Waals surface area contributed by atoms with Crippen LogP contribution in [-0.4, -0.2) is 47.7 Å². The molecule has 3 aromatic rings. The van der Waals surface area contributed by atoms with Gasteiger partial charge in [0.1, 0.15) is 11.6 Å². The zero-order valence-corrected chi connectivity index (χ0v) is 15.2. The molecule has 1 aliphatic heterocycles. The summed E-state index contributed by atoms with van der Waals surface area (Å²) < 4.78 is 33.5. The molecule has 0 atom stereocenters. The maximum atomic E-state index is 13.6. The molecule has 1 fully saturated rings. The topological polar surface area (TPSA) is 33.5 Å². The van der Waals surface area contributed by atoms with E-state index in [1.54, 1.807) is 25.3 Å². The smallest absolute Gasteiger partial charge is 0.320 e. The first-order valence-electron chi connectivity index (χ1n) is 9.01. The molecule has 0 radical (unpaired) electrons. The molecule has 1 aliphatic rings. The molecule has 0 unspecified atom stereocenters. The normalized spacial score (nSPS) is 15.6. The highest BCUT2D eigenvalue weighted by Gasteiger charge is 2.22. The standard InChI is InChI=1S/C20H22F2N4O/c1-27-16-6-4-5-15(13-16)25-11-9-24(10-12-25)14-19-23-17-7-2-3-8-18(17)26(19)20(21)22/h2-8,13,20H,9-12,14H2,1H3. The minimum Gasteiger partial charge on any atom is -0.497 e. The van der Waals surface area contributed by atoms with Crippen molar-refractivity contribution >= 4 is 16.7 Å². The van der Waals surface area contributed by atoms with Crippen LogP contribution in [0.25, 0.3) is 11.0 Å². The molecule has 1 aromatic heterocycles. The molecule has 0 spiro atoms. The first-order valence-corrected chi connectivity index (χ1v) is 9.01. The van der Waals surface area contributed by atoms with Crippen LogP contribution in [-0.2, 0) is 6.54 Å². The minimum absolute atomic E-state index is 0.418. The van der Waals surface area contributed by atoms with Gasteiger partial charge < -0.3 is 9.64 Å². The van der Waals surface area contributed by atoms with E-state index >= 15 is 0 Å². The highest BCUT2D eigenvalue weighted by Crippen LogP contribution is 2.25. The molecule has 2 aromatic carbocycles. The number of piperazine rings is 1. The van der Waals surface area contributed by atoms with Crippen LogP contribution < -0.4 is 9.64 Å². The van der Waals surface area contributed by atoms with Crippen LogP contribution in [0, 0.1) is 0 Å². The largest absolute Gasteiger partial charge is 0.497 e. The molecule has 0 amide bonds. The molecule has 1 saturated heterocycles. The number of methoxy groups -OCH3 is 1. The van der Waals surface area contributed by atoms with Crippen molar-refractivity contribution < 1.29 is 13.5 Å². The Labute approximate surface area is 156 Å². The van der Waals surface area contributed by atoms with Crippen molar-refractivity contribution in [1.29, 1.82) is 0 Å². The maximum Gasteiger partial charge on any atom is 0.320 e. The Balaban J connectivity index is 1.46. The summed E-state index contributed by atoms with van der Waals surface area (Å²) in [5, 5.41) is 0. The van der Waals surface area contributed by atoms with Gasteiger partial charge in [0.15, 0.2) is 0 Å². The molecule has 0 saturated carbocycles. The maximum absolute atomic E-state index is 13.6. The third kappa shape index (κ3) is 3.60. The summed E-state index contributed by atoms with van der Waals surface area (Å²) in [6, 6.07) is 15.0. The van der Waals surface area contributed by atoms with E-state index in [2.05, 4.69) is 20.9 Å². The Kier molecular flexibility index (Phi) is 4.94. The fourth-order valence-corrected chi connectivity index (χ4v) is 3.60. The Morgan fingerprint density at radius 2 is 1.81 bits per heavy atom. The van der Waals surface area contributed by atoms with Crippen LogP contribution in [0.15, 0.2) is 48.5 Å². The number of halogens is 2. The van der Waals surface area contributed by atoms with Gasteiger partial charge in [-0.1, -0.05) is 18.2 Å². The van der Waals surface area contributed by atoms with E-state index in [0.717, 1.165) is 42.2 Å². The highest BCUT2D eigenvalue weighted by molar-refractivity contribution is 5.76. The molecule has 0 aliphatic carbocycles. The van der Waals surface area contributed by atoms with E-state index in [-0.39, 0.29) is 0 Å². The number of para-hydroxylation sites is 2. The molecule has 4 rings (SSSR count). The first-order chi connectivity index (χ1) is 13.2. The van der Waals surface area contributed by atoms with Gasteiger partial charge in [-0.15, -0.1) is 0 Å². The van der Waals surface area contributed by atoms with E-state index in [0.29, 0.717) is 23.4 Å². The number of hydrogen-bond donors (Lipinski definition) is 0. The van der Waals surface area contributed by atoms with Crippen molar-refractivity contribution in [2.24, 2.45) is 0 Å². The van der Waals surface area contributed by atoms with E-state index in [4.69, 9.17) is 4.74 Å². The predicted octanol–water partition coefficient (Wildman–Crippen LogP) is 3.76. The molecule has 2 heterocycles. The van der Waals surface area contributed by atoms with Crippen LogP contribution in [0.4, 0.5) is 14.5 Å². The fourth-order valence-electron chi connectivity index (χ4n) is 3.60. The van der Waals surface area contributed by atoms with Crippen LogP contribution in [0.5, 0.6) is 5.75 Å². The second-order valence-electron chi connectivity index (χ2n) is 6.63. The summed E-state index contributed by atoms with van der Waals surface area (Å²) in [6.07, 6.45) is 0. The van der Waals surface area contributed by atoms with E-state index in [1.807, 2.05) is 24.3 Å². The van der Waals surface area contributed by atoms with Gasteiger partial charge in [-0.2, -0.15) is 8.78 Å². The molecule has 0 bridgehead atoms. The lowest BCUT2D eigenvalue weighted by Crippen LogP contribution is -2.46. The number of hydrogen-bond acceptors (Lipinski definition) is 4. The monoisotopic (exact) mass is 372 g/mol. The molecule has 5 nitrogen and oxygen atoms in total. The number of ether oxygens (including phenoxy) is 1. The van der Waals surface area contributed by atoms with Gasteiger partial charge in [0, 0.05) is 37.9 Å². The van der Waals surface area contributed by atoms with Gasteiger partial charge in [0.25, 0.3) is 0 Å². The van der Waals surface area contributed by atoms with Crippen LogP contribution >= 0.6 is 0 Å². The molecule has 0 N–H and O–H groups in total. The number of benzene rings is 2. The summed E-state index contributed by atoms with van der Waals surface area (Å²) >= 11 is 0. The van der Waals surface area contributed by atoms with Crippen molar-refractivity contribution in [2.75, 3.05) is 38.2 Å². The third-order valence-corrected chi connectivity index (χ3v) is 5.02. The summed E-state index contributed by atoms with van der Waals surface area (Å²) in [5.41, 5.74) is 2.22. The molecule has 27 heavy (non-hydrogen) atoms. The molecular formula is C20H22F2N4O. The van der Waals surface area contributed by atoms with E-state index < -0.39 is 6.55 Å². The second-order valence-corrected chi connectivity index (χ2v) is 6.63. The molecule has 142 valence electrons. The van der Waals surface area contributed by atoms with Gasteiger partial charge >= 0.3 is 6.55 Å². The summed E-state index contributed by atoms with van der Waals surface area (Å²) in [4.78, 5) is 8.90. The number of imidazole rings is 1. The number of alkyl halides is 2. The van der Waals surface area contributed by atoms with Crippen molar-refractivity contribution in [1.82, 2.24) is 14.5 Å². The predicted molar refractivity (Wildman–Crippen MR) is 101 cm³/mol. The average Bonchev–Trinajstić information content (AvgIpc) is 3.06. The van der Waals surface area contributed by atoms with Gasteiger partial charge in [-0.25, -0.2) is 4.98 Å². The minimum atomic E-state index is -2.59. The number of rotatable bonds is 5. The molecular weight excluding hydrogens is 350 g/mol. The number of anilines is 1. The van der Waals surface area contributed by atoms with Gasteiger partial charge in [-0.05, 0) is 24.3 Å². The zero-order valence-electron chi connectivity index (χ0n) is 15.2. The fraction of sp³-hybridized carbons (Fsp3) is 0.350. The van der Waals surface area contributed by atoms with Crippen LogP contribution in [0.3, 0.4) is 0 Å². The van der Waals surface area contributed by atoms with Crippen molar-refractivity contribution in [3.8, 4) is 5.75 Å². The van der Waals surface area contributed by atoms with Gasteiger partial charge in [0.05, 0.1) is 24.7 Å². The molecule has 7 heteroatoms. The van der Waals surface area contributed by atoms with Crippen molar-refractivity contribution in [2.45, 2.75) is 13.1 Å². The number of nitrogens with zero attached hydrogens (tertiary/aromatic N) is 4. The van der Waals surface area contributed by atoms with Crippen LogP contribution in [0.1, 0.15) is 12.4 Å². The number of fused-ring (bicyclic) bond motifs is 1. The number of aromatic nitrogens is 2. The Hall–Kier alpha value is -2.67. The lowest BCUT2D eigenvalue weighted by atomic mass is 10.2. The highest BCUT2D eigenvalue weighted by atomic mass is 19.3. The summed E-state index contributed by atoms with van der Waals surface area (Å²) in [5.74, 6) is 1.25. The summed E-state index contributed by atoms with van der Waals surface area (Å²) in [6.45, 7) is 1.09. The quantitative estimate of drug-likeness (QED) is 0.683. The Morgan fingerprint density at radius 3 is 2.56 bits per heavy atom. The SMILES string of the molecule is COc1cccc(N2CCN(Cc3nc4ccccc4n3C(F)F)CC2)c1. The Morgan fingerprint density at radius 1 is 1.04 bits per heavy atom. The average molecular weight is 372 g/mol. The Bertz CT molecular complexity index is 919. The van der Waals surface area contributed by atoms with Crippen molar-refractivity contribution in [3.63, 3.8) is 0 Å². The summed E-state index contributed by atoms with van der Waals surface area (Å²) in [7, 11) is 1.66.